The molecule has 0 rings (SSSR count). The average molecular weight is 1080 g/mol. The number of hydrogen-bond donors (Lipinski definition) is 0. The monoisotopic (exact) mass is 1080 g/mol. The third-order valence-corrected chi connectivity index (χ3v) is 15.6. The molecule has 0 aromatic rings. The number of ether oxygens (including phenoxy) is 3. The van der Waals surface area contributed by atoms with Gasteiger partial charge in [-0.3, -0.25) is 14.4 Å². The molecule has 0 amide bonds. The lowest BCUT2D eigenvalue weighted by Crippen LogP contribution is -2.30. The van der Waals surface area contributed by atoms with Gasteiger partial charge in [-0.15, -0.1) is 0 Å². The molecule has 0 aliphatic rings. The molecular formula is C71H132O6. The fourth-order valence-corrected chi connectivity index (χ4v) is 10.4. The van der Waals surface area contributed by atoms with E-state index in [2.05, 4.69) is 57.2 Å². The summed E-state index contributed by atoms with van der Waals surface area (Å²) in [6.45, 7) is 6.70. The van der Waals surface area contributed by atoms with E-state index in [9.17, 15) is 14.4 Å². The van der Waals surface area contributed by atoms with Crippen molar-refractivity contribution >= 4 is 17.9 Å². The van der Waals surface area contributed by atoms with Crippen LogP contribution >= 0.6 is 0 Å². The fraction of sp³-hybridized carbons (Fsp3) is 0.873. The van der Waals surface area contributed by atoms with Crippen LogP contribution in [-0.4, -0.2) is 37.2 Å². The number of rotatable bonds is 64. The van der Waals surface area contributed by atoms with Gasteiger partial charge in [0.25, 0.3) is 0 Å². The van der Waals surface area contributed by atoms with Crippen molar-refractivity contribution in [1.82, 2.24) is 0 Å². The van der Waals surface area contributed by atoms with E-state index in [0.717, 1.165) is 64.2 Å². The molecule has 1 unspecified atom stereocenters. The molecule has 0 aliphatic heterocycles. The Balaban J connectivity index is 4.28. The molecule has 6 heteroatoms. The van der Waals surface area contributed by atoms with Crippen LogP contribution in [0.4, 0.5) is 0 Å². The SMILES string of the molecule is CCCCCCC/C=C\C/C=C\CCCCCCCCCCCCCCCC(=O)OCC(COC(=O)CCCCCCCCCCCCCCCCCC)OC(=O)CCCCCCCCC/C=C\CCCCCCCCC. The minimum absolute atomic E-state index is 0.0688. The predicted octanol–water partition coefficient (Wildman–Crippen LogP) is 23.6. The van der Waals surface area contributed by atoms with Gasteiger partial charge in [0.05, 0.1) is 0 Å². The second-order valence-electron chi connectivity index (χ2n) is 23.4. The number of allylic oxidation sites excluding steroid dienone is 6. The van der Waals surface area contributed by atoms with E-state index < -0.39 is 6.10 Å². The van der Waals surface area contributed by atoms with Crippen molar-refractivity contribution in [3.63, 3.8) is 0 Å². The Morgan fingerprint density at radius 3 is 0.727 bits per heavy atom. The summed E-state index contributed by atoms with van der Waals surface area (Å²) in [4.78, 5) is 38.4. The molecule has 0 saturated heterocycles. The molecule has 0 N–H and O–H groups in total. The van der Waals surface area contributed by atoms with Gasteiger partial charge in [0, 0.05) is 19.3 Å². The Hall–Kier alpha value is -2.37. The Bertz CT molecular complexity index is 1290. The van der Waals surface area contributed by atoms with Crippen molar-refractivity contribution in [1.29, 1.82) is 0 Å². The average Bonchev–Trinajstić information content (AvgIpc) is 3.43. The van der Waals surface area contributed by atoms with Gasteiger partial charge >= 0.3 is 17.9 Å². The molecule has 0 spiro atoms. The van der Waals surface area contributed by atoms with E-state index >= 15 is 0 Å². The van der Waals surface area contributed by atoms with Crippen LogP contribution < -0.4 is 0 Å². The summed E-state index contributed by atoms with van der Waals surface area (Å²) in [7, 11) is 0. The van der Waals surface area contributed by atoms with Gasteiger partial charge in [-0.2, -0.15) is 0 Å². The normalized spacial score (nSPS) is 12.2. The number of unbranched alkanes of at least 4 members (excludes halogenated alkanes) is 47. The maximum absolute atomic E-state index is 12.9. The van der Waals surface area contributed by atoms with Crippen molar-refractivity contribution < 1.29 is 28.6 Å². The Kier molecular flexibility index (Phi) is 64.1. The number of carbonyl (C=O) groups is 3. The topological polar surface area (TPSA) is 78.9 Å². The van der Waals surface area contributed by atoms with Crippen molar-refractivity contribution in [2.45, 2.75) is 386 Å². The summed E-state index contributed by atoms with van der Waals surface area (Å²) in [5.74, 6) is -0.846. The van der Waals surface area contributed by atoms with E-state index in [1.807, 2.05) is 0 Å². The Labute approximate surface area is 480 Å². The van der Waals surface area contributed by atoms with Crippen LogP contribution in [-0.2, 0) is 28.6 Å². The van der Waals surface area contributed by atoms with Crippen LogP contribution in [0.1, 0.15) is 380 Å². The lowest BCUT2D eigenvalue weighted by atomic mass is 10.0. The first kappa shape index (κ1) is 74.6. The largest absolute Gasteiger partial charge is 0.462 e. The smallest absolute Gasteiger partial charge is 0.306 e. The molecule has 0 bridgehead atoms. The Morgan fingerprint density at radius 2 is 0.468 bits per heavy atom. The summed E-state index contributed by atoms with van der Waals surface area (Å²) in [6, 6.07) is 0. The van der Waals surface area contributed by atoms with E-state index in [1.165, 1.54) is 276 Å². The summed E-state index contributed by atoms with van der Waals surface area (Å²) >= 11 is 0. The number of carbonyl (C=O) groups excluding carboxylic acids is 3. The second kappa shape index (κ2) is 66.1. The molecule has 0 aromatic heterocycles. The first-order valence-corrected chi connectivity index (χ1v) is 34.5. The number of esters is 3. The lowest BCUT2D eigenvalue weighted by molar-refractivity contribution is -0.167. The third-order valence-electron chi connectivity index (χ3n) is 15.6. The number of hydrogen-bond acceptors (Lipinski definition) is 6. The van der Waals surface area contributed by atoms with Crippen LogP contribution in [0.3, 0.4) is 0 Å². The van der Waals surface area contributed by atoms with E-state index in [0.29, 0.717) is 19.3 Å². The zero-order valence-electron chi connectivity index (χ0n) is 52.0. The quantitative estimate of drug-likeness (QED) is 0.0261. The first-order chi connectivity index (χ1) is 38.0. The maximum atomic E-state index is 12.9. The van der Waals surface area contributed by atoms with Crippen LogP contribution in [0.2, 0.25) is 0 Å². The van der Waals surface area contributed by atoms with Gasteiger partial charge in [0.1, 0.15) is 13.2 Å². The highest BCUT2D eigenvalue weighted by molar-refractivity contribution is 5.71. The van der Waals surface area contributed by atoms with E-state index in [4.69, 9.17) is 14.2 Å². The second-order valence-corrected chi connectivity index (χ2v) is 23.4. The van der Waals surface area contributed by atoms with Gasteiger partial charge in [-0.05, 0) is 77.0 Å². The van der Waals surface area contributed by atoms with Crippen LogP contribution in [0.15, 0.2) is 36.5 Å². The van der Waals surface area contributed by atoms with E-state index in [-0.39, 0.29) is 31.1 Å². The van der Waals surface area contributed by atoms with E-state index in [1.54, 1.807) is 0 Å². The zero-order chi connectivity index (χ0) is 55.7. The van der Waals surface area contributed by atoms with Crippen molar-refractivity contribution in [3.8, 4) is 0 Å². The first-order valence-electron chi connectivity index (χ1n) is 34.5. The van der Waals surface area contributed by atoms with Crippen LogP contribution in [0.5, 0.6) is 0 Å². The lowest BCUT2D eigenvalue weighted by Gasteiger charge is -2.18. The standard InChI is InChI=1S/C71H132O6/c1-4-7-10-13-16-19-22-25-28-31-33-34-35-36-37-38-39-41-43-46-49-52-55-58-61-64-70(73)76-67-68(66-75-69(72)63-60-57-54-51-48-45-42-30-27-24-21-18-15-12-9-6-3)77-71(74)65-62-59-56-53-50-47-44-40-32-29-26-23-20-17-14-11-8-5-2/h22,25,29,31-33,68H,4-21,23-24,26-28,30,34-67H2,1-3H3/b25-22-,32-29-,33-31-. The summed E-state index contributed by atoms with van der Waals surface area (Å²) in [5, 5.41) is 0. The molecule has 0 heterocycles. The summed E-state index contributed by atoms with van der Waals surface area (Å²) in [6.07, 6.45) is 81.6. The molecule has 0 radical (unpaired) electrons. The highest BCUT2D eigenvalue weighted by Crippen LogP contribution is 2.18. The van der Waals surface area contributed by atoms with Crippen molar-refractivity contribution in [2.75, 3.05) is 13.2 Å². The third kappa shape index (κ3) is 64.3. The minimum atomic E-state index is -0.773. The molecule has 0 aliphatic carbocycles. The maximum Gasteiger partial charge on any atom is 0.306 e. The summed E-state index contributed by atoms with van der Waals surface area (Å²) in [5.41, 5.74) is 0. The molecule has 1 atom stereocenters. The highest BCUT2D eigenvalue weighted by atomic mass is 16.6. The Morgan fingerprint density at radius 1 is 0.260 bits per heavy atom. The van der Waals surface area contributed by atoms with Crippen LogP contribution in [0, 0.1) is 0 Å². The van der Waals surface area contributed by atoms with Crippen molar-refractivity contribution in [3.05, 3.63) is 36.5 Å². The molecular weight excluding hydrogens is 949 g/mol. The molecule has 452 valence electrons. The van der Waals surface area contributed by atoms with Crippen molar-refractivity contribution in [2.24, 2.45) is 0 Å². The molecule has 6 nitrogen and oxygen atoms in total. The summed E-state index contributed by atoms with van der Waals surface area (Å²) < 4.78 is 17.0. The molecule has 0 aromatic carbocycles. The van der Waals surface area contributed by atoms with Gasteiger partial charge in [-0.1, -0.05) is 320 Å². The van der Waals surface area contributed by atoms with Gasteiger partial charge in [0.15, 0.2) is 6.10 Å². The zero-order valence-corrected chi connectivity index (χ0v) is 52.0. The molecule has 0 saturated carbocycles. The van der Waals surface area contributed by atoms with Gasteiger partial charge in [0.2, 0.25) is 0 Å². The minimum Gasteiger partial charge on any atom is -0.462 e. The van der Waals surface area contributed by atoms with Crippen LogP contribution in [0.25, 0.3) is 0 Å². The van der Waals surface area contributed by atoms with Gasteiger partial charge in [-0.25, -0.2) is 0 Å². The molecule has 77 heavy (non-hydrogen) atoms. The fourth-order valence-electron chi connectivity index (χ4n) is 10.4. The van der Waals surface area contributed by atoms with Gasteiger partial charge < -0.3 is 14.2 Å². The molecule has 0 fully saturated rings. The highest BCUT2D eigenvalue weighted by Gasteiger charge is 2.19. The predicted molar refractivity (Wildman–Crippen MR) is 335 cm³/mol.